The maximum atomic E-state index is 13.3. The van der Waals surface area contributed by atoms with Gasteiger partial charge in [-0.2, -0.15) is 5.26 Å². The molecule has 0 saturated heterocycles. The van der Waals surface area contributed by atoms with Crippen LogP contribution in [0.3, 0.4) is 0 Å². The Morgan fingerprint density at radius 2 is 2.31 bits per heavy atom. The zero-order valence-electron chi connectivity index (χ0n) is 7.13. The van der Waals surface area contributed by atoms with Crippen LogP contribution in [0.4, 0.5) is 10.1 Å². The van der Waals surface area contributed by atoms with Crippen LogP contribution in [-0.4, -0.2) is 0 Å². The van der Waals surface area contributed by atoms with Gasteiger partial charge in [0.2, 0.25) is 5.69 Å². The third kappa shape index (κ3) is 1.50. The van der Waals surface area contributed by atoms with Gasteiger partial charge in [0.25, 0.3) is 0 Å². The van der Waals surface area contributed by atoms with Crippen LogP contribution in [0.15, 0.2) is 12.1 Å². The van der Waals surface area contributed by atoms with Gasteiger partial charge in [-0.3, -0.25) is 0 Å². The van der Waals surface area contributed by atoms with Gasteiger partial charge in [-0.15, -0.1) is 0 Å². The lowest BCUT2D eigenvalue weighted by molar-refractivity contribution is 0.628. The Labute approximate surface area is 76.1 Å². The molecule has 13 heavy (non-hydrogen) atoms. The zero-order valence-corrected chi connectivity index (χ0v) is 7.13. The van der Waals surface area contributed by atoms with Crippen LogP contribution in [0.2, 0.25) is 0 Å². The molecule has 0 atom stereocenters. The standard InChI is InChI=1S/C10H7FN2/c1-3-7-4-5-8(6-12)9(11)10(7)13-2/h4-5H,3H2,1H3. The van der Waals surface area contributed by atoms with Crippen molar-refractivity contribution in [3.63, 3.8) is 0 Å². The van der Waals surface area contributed by atoms with Crippen LogP contribution >= 0.6 is 0 Å². The molecule has 0 aliphatic heterocycles. The lowest BCUT2D eigenvalue weighted by Gasteiger charge is -2.02. The lowest BCUT2D eigenvalue weighted by Crippen LogP contribution is -1.88. The number of nitriles is 1. The highest BCUT2D eigenvalue weighted by molar-refractivity contribution is 5.58. The number of hydrogen-bond donors (Lipinski definition) is 0. The first-order valence-electron chi connectivity index (χ1n) is 3.83. The van der Waals surface area contributed by atoms with Crippen molar-refractivity contribution in [1.82, 2.24) is 0 Å². The minimum absolute atomic E-state index is 0.0263. The van der Waals surface area contributed by atoms with Crippen LogP contribution in [0.25, 0.3) is 4.85 Å². The lowest BCUT2D eigenvalue weighted by atomic mass is 10.1. The molecule has 0 spiro atoms. The first kappa shape index (κ1) is 9.22. The second kappa shape index (κ2) is 3.69. The van der Waals surface area contributed by atoms with Gasteiger partial charge in [-0.05, 0) is 18.1 Å². The third-order valence-electron chi connectivity index (χ3n) is 1.81. The van der Waals surface area contributed by atoms with E-state index in [1.807, 2.05) is 6.92 Å². The number of halogens is 1. The molecule has 0 fully saturated rings. The Morgan fingerprint density at radius 3 is 2.77 bits per heavy atom. The molecule has 0 aromatic heterocycles. The van der Waals surface area contributed by atoms with Gasteiger partial charge >= 0.3 is 0 Å². The molecule has 0 bridgehead atoms. The predicted octanol–water partition coefficient (Wildman–Crippen LogP) is 2.81. The maximum Gasteiger partial charge on any atom is 0.226 e. The maximum absolute atomic E-state index is 13.3. The van der Waals surface area contributed by atoms with E-state index in [4.69, 9.17) is 11.8 Å². The predicted molar refractivity (Wildman–Crippen MR) is 46.8 cm³/mol. The molecule has 0 aliphatic rings. The topological polar surface area (TPSA) is 28.1 Å². The van der Waals surface area contributed by atoms with Crippen LogP contribution in [0.1, 0.15) is 18.1 Å². The molecule has 0 N–H and O–H groups in total. The molecule has 1 aromatic rings. The van der Waals surface area contributed by atoms with Gasteiger partial charge in [-0.1, -0.05) is 13.0 Å². The van der Waals surface area contributed by atoms with E-state index in [-0.39, 0.29) is 11.3 Å². The van der Waals surface area contributed by atoms with E-state index < -0.39 is 5.82 Å². The second-order valence-electron chi connectivity index (χ2n) is 2.51. The third-order valence-corrected chi connectivity index (χ3v) is 1.81. The van der Waals surface area contributed by atoms with Crippen LogP contribution < -0.4 is 0 Å². The Morgan fingerprint density at radius 1 is 1.62 bits per heavy atom. The molecule has 3 heteroatoms. The van der Waals surface area contributed by atoms with Gasteiger partial charge in [0.15, 0.2) is 0 Å². The summed E-state index contributed by atoms with van der Waals surface area (Å²) in [5.41, 5.74) is 0.552. The number of aryl methyl sites for hydroxylation is 1. The fourth-order valence-corrected chi connectivity index (χ4v) is 1.10. The first-order chi connectivity index (χ1) is 6.24. The van der Waals surface area contributed by atoms with E-state index in [1.54, 1.807) is 12.1 Å². The van der Waals surface area contributed by atoms with Crippen LogP contribution in [-0.2, 0) is 6.42 Å². The van der Waals surface area contributed by atoms with Crippen molar-refractivity contribution < 1.29 is 4.39 Å². The molecule has 0 heterocycles. The minimum Gasteiger partial charge on any atom is -0.235 e. The average molecular weight is 174 g/mol. The molecule has 2 nitrogen and oxygen atoms in total. The number of nitrogens with zero attached hydrogens (tertiary/aromatic N) is 2. The molecule has 0 unspecified atom stereocenters. The summed E-state index contributed by atoms with van der Waals surface area (Å²) in [5, 5.41) is 8.51. The molecule has 0 saturated carbocycles. The van der Waals surface area contributed by atoms with Gasteiger partial charge < -0.3 is 0 Å². The van der Waals surface area contributed by atoms with Crippen molar-refractivity contribution >= 4 is 5.69 Å². The number of hydrogen-bond acceptors (Lipinski definition) is 1. The minimum atomic E-state index is -0.697. The smallest absolute Gasteiger partial charge is 0.226 e. The van der Waals surface area contributed by atoms with Crippen molar-refractivity contribution in [2.45, 2.75) is 13.3 Å². The fourth-order valence-electron chi connectivity index (χ4n) is 1.10. The van der Waals surface area contributed by atoms with Gasteiger partial charge in [0, 0.05) is 0 Å². The number of rotatable bonds is 1. The van der Waals surface area contributed by atoms with E-state index in [1.165, 1.54) is 6.07 Å². The summed E-state index contributed by atoms with van der Waals surface area (Å²) in [6.07, 6.45) is 0.598. The molecule has 0 radical (unpaired) electrons. The summed E-state index contributed by atoms with van der Waals surface area (Å²) in [7, 11) is 0. The Bertz CT molecular complexity index is 410. The summed E-state index contributed by atoms with van der Waals surface area (Å²) in [5.74, 6) is -0.697. The molecule has 0 aliphatic carbocycles. The molecular formula is C10H7FN2. The SMILES string of the molecule is [C-]#[N+]c1c(CC)ccc(C#N)c1F. The van der Waals surface area contributed by atoms with Crippen LogP contribution in [0, 0.1) is 23.7 Å². The van der Waals surface area contributed by atoms with Crippen LogP contribution in [0.5, 0.6) is 0 Å². The van der Waals surface area contributed by atoms with Gasteiger partial charge in [0.1, 0.15) is 11.9 Å². The first-order valence-corrected chi connectivity index (χ1v) is 3.83. The van der Waals surface area contributed by atoms with E-state index >= 15 is 0 Å². The Hall–Kier alpha value is -1.87. The van der Waals surface area contributed by atoms with Crippen molar-refractivity contribution in [2.75, 3.05) is 0 Å². The van der Waals surface area contributed by atoms with Gasteiger partial charge in [0.05, 0.1) is 12.1 Å². The second-order valence-corrected chi connectivity index (χ2v) is 2.51. The molecular weight excluding hydrogens is 167 g/mol. The highest BCUT2D eigenvalue weighted by atomic mass is 19.1. The molecule has 1 aromatic carbocycles. The summed E-state index contributed by atoms with van der Waals surface area (Å²) in [6.45, 7) is 8.62. The van der Waals surface area contributed by atoms with Crippen molar-refractivity contribution in [3.05, 3.63) is 40.5 Å². The Kier molecular flexibility index (Phi) is 2.62. The average Bonchev–Trinajstić information content (AvgIpc) is 2.17. The highest BCUT2D eigenvalue weighted by Gasteiger charge is 2.11. The zero-order chi connectivity index (χ0) is 9.84. The molecule has 64 valence electrons. The van der Waals surface area contributed by atoms with Crippen molar-refractivity contribution in [2.24, 2.45) is 0 Å². The molecule has 1 rings (SSSR count). The normalized spacial score (nSPS) is 8.92. The van der Waals surface area contributed by atoms with E-state index in [0.29, 0.717) is 12.0 Å². The van der Waals surface area contributed by atoms with Gasteiger partial charge in [-0.25, -0.2) is 9.24 Å². The summed E-state index contributed by atoms with van der Waals surface area (Å²) < 4.78 is 13.3. The van der Waals surface area contributed by atoms with E-state index in [0.717, 1.165) is 0 Å². The van der Waals surface area contributed by atoms with E-state index in [2.05, 4.69) is 4.85 Å². The van der Waals surface area contributed by atoms with Crippen molar-refractivity contribution in [1.29, 1.82) is 5.26 Å². The highest BCUT2D eigenvalue weighted by Crippen LogP contribution is 2.26. The fraction of sp³-hybridized carbons (Fsp3) is 0.200. The number of benzene rings is 1. The summed E-state index contributed by atoms with van der Waals surface area (Å²) in [6, 6.07) is 4.73. The molecule has 0 amide bonds. The summed E-state index contributed by atoms with van der Waals surface area (Å²) in [4.78, 5) is 3.07. The largest absolute Gasteiger partial charge is 0.235 e. The Balaban J connectivity index is 3.45. The monoisotopic (exact) mass is 174 g/mol. The quantitative estimate of drug-likeness (QED) is 0.601. The summed E-state index contributed by atoms with van der Waals surface area (Å²) >= 11 is 0. The van der Waals surface area contributed by atoms with E-state index in [9.17, 15) is 4.39 Å². The van der Waals surface area contributed by atoms with Crippen molar-refractivity contribution in [3.8, 4) is 6.07 Å².